The van der Waals surface area contributed by atoms with Crippen molar-refractivity contribution in [3.8, 4) is 0 Å². The number of nitrogens with one attached hydrogen (secondary N) is 1. The van der Waals surface area contributed by atoms with E-state index in [9.17, 15) is 9.90 Å². The molecule has 1 fully saturated rings. The van der Waals surface area contributed by atoms with Crippen LogP contribution in [0.15, 0.2) is 12.4 Å². The highest BCUT2D eigenvalue weighted by Gasteiger charge is 2.20. The molecule has 0 aromatic carbocycles. The van der Waals surface area contributed by atoms with E-state index in [1.807, 2.05) is 0 Å². The predicted octanol–water partition coefficient (Wildman–Crippen LogP) is 1.23. The molecule has 2 atom stereocenters. The van der Waals surface area contributed by atoms with Crippen LogP contribution >= 0.6 is 0 Å². The number of rotatable bonds is 4. The molecule has 1 saturated carbocycles. The number of ether oxygens (including phenoxy) is 1. The standard InChI is InChI=1S/C13H19N3O3/c1-19-13(18)11-7-14-8-12(16-11)15-6-9-3-2-4-10(17)5-9/h7-10,17H,2-6H2,1H3,(H,15,16). The summed E-state index contributed by atoms with van der Waals surface area (Å²) in [5, 5.41) is 12.8. The van der Waals surface area contributed by atoms with Crippen molar-refractivity contribution >= 4 is 11.8 Å². The zero-order valence-corrected chi connectivity index (χ0v) is 11.0. The Morgan fingerprint density at radius 3 is 3.11 bits per heavy atom. The monoisotopic (exact) mass is 265 g/mol. The first-order chi connectivity index (χ1) is 9.19. The normalized spacial score (nSPS) is 22.8. The van der Waals surface area contributed by atoms with E-state index in [2.05, 4.69) is 20.0 Å². The van der Waals surface area contributed by atoms with Gasteiger partial charge in [0.15, 0.2) is 5.69 Å². The molecule has 0 bridgehead atoms. The van der Waals surface area contributed by atoms with E-state index >= 15 is 0 Å². The lowest BCUT2D eigenvalue weighted by Crippen LogP contribution is -2.25. The number of aliphatic hydroxyl groups is 1. The Morgan fingerprint density at radius 1 is 1.53 bits per heavy atom. The van der Waals surface area contributed by atoms with Gasteiger partial charge in [-0.25, -0.2) is 9.78 Å². The summed E-state index contributed by atoms with van der Waals surface area (Å²) in [5.74, 6) is 0.500. The molecule has 2 rings (SSSR count). The molecule has 6 heteroatoms. The molecule has 19 heavy (non-hydrogen) atoms. The van der Waals surface area contributed by atoms with Gasteiger partial charge in [-0.05, 0) is 25.2 Å². The number of hydrogen-bond donors (Lipinski definition) is 2. The van der Waals surface area contributed by atoms with Crippen LogP contribution in [0.1, 0.15) is 36.2 Å². The lowest BCUT2D eigenvalue weighted by Gasteiger charge is -2.26. The largest absolute Gasteiger partial charge is 0.464 e. The zero-order valence-electron chi connectivity index (χ0n) is 11.0. The molecule has 1 aliphatic rings. The Balaban J connectivity index is 1.90. The highest BCUT2D eigenvalue weighted by molar-refractivity contribution is 5.87. The van der Waals surface area contributed by atoms with E-state index in [0.29, 0.717) is 11.7 Å². The maximum atomic E-state index is 11.3. The number of aliphatic hydroxyl groups excluding tert-OH is 1. The average molecular weight is 265 g/mol. The van der Waals surface area contributed by atoms with E-state index < -0.39 is 5.97 Å². The number of carbonyl (C=O) groups is 1. The molecule has 1 aromatic heterocycles. The fourth-order valence-electron chi connectivity index (χ4n) is 2.35. The van der Waals surface area contributed by atoms with Gasteiger partial charge in [-0.1, -0.05) is 6.42 Å². The van der Waals surface area contributed by atoms with Crippen LogP contribution in [-0.2, 0) is 4.74 Å². The number of esters is 1. The summed E-state index contributed by atoms with van der Waals surface area (Å²) in [4.78, 5) is 19.4. The molecule has 0 aliphatic heterocycles. The molecule has 2 N–H and O–H groups in total. The van der Waals surface area contributed by atoms with Crippen LogP contribution in [0.4, 0.5) is 5.82 Å². The van der Waals surface area contributed by atoms with Crippen molar-refractivity contribution in [1.82, 2.24) is 9.97 Å². The van der Waals surface area contributed by atoms with Crippen LogP contribution in [-0.4, -0.2) is 40.8 Å². The van der Waals surface area contributed by atoms with Gasteiger partial charge in [-0.2, -0.15) is 0 Å². The second-order valence-electron chi connectivity index (χ2n) is 4.85. The van der Waals surface area contributed by atoms with Crippen molar-refractivity contribution in [3.63, 3.8) is 0 Å². The predicted molar refractivity (Wildman–Crippen MR) is 69.8 cm³/mol. The second-order valence-corrected chi connectivity index (χ2v) is 4.85. The maximum absolute atomic E-state index is 11.3. The topological polar surface area (TPSA) is 84.3 Å². The zero-order chi connectivity index (χ0) is 13.7. The summed E-state index contributed by atoms with van der Waals surface area (Å²) in [6, 6.07) is 0. The van der Waals surface area contributed by atoms with Crippen molar-refractivity contribution in [3.05, 3.63) is 18.1 Å². The van der Waals surface area contributed by atoms with Crippen LogP contribution in [0.25, 0.3) is 0 Å². The Kier molecular flexibility index (Phi) is 4.68. The third kappa shape index (κ3) is 3.89. The first-order valence-corrected chi connectivity index (χ1v) is 6.51. The number of carbonyl (C=O) groups excluding carboxylic acids is 1. The van der Waals surface area contributed by atoms with Gasteiger partial charge in [0.05, 0.1) is 25.6 Å². The van der Waals surface area contributed by atoms with Gasteiger partial charge in [0.2, 0.25) is 0 Å². The smallest absolute Gasteiger partial charge is 0.358 e. The number of hydrogen-bond acceptors (Lipinski definition) is 6. The van der Waals surface area contributed by atoms with Crippen LogP contribution in [0.5, 0.6) is 0 Å². The summed E-state index contributed by atoms with van der Waals surface area (Å²) in [7, 11) is 1.31. The lowest BCUT2D eigenvalue weighted by molar-refractivity contribution is 0.0593. The molecule has 0 amide bonds. The summed E-state index contributed by atoms with van der Waals surface area (Å²) >= 11 is 0. The van der Waals surface area contributed by atoms with Gasteiger partial charge in [-0.15, -0.1) is 0 Å². The van der Waals surface area contributed by atoms with Crippen LogP contribution < -0.4 is 5.32 Å². The van der Waals surface area contributed by atoms with E-state index in [1.54, 1.807) is 6.20 Å². The van der Waals surface area contributed by atoms with Crippen molar-refractivity contribution in [2.45, 2.75) is 31.8 Å². The van der Waals surface area contributed by atoms with Crippen molar-refractivity contribution in [2.24, 2.45) is 5.92 Å². The van der Waals surface area contributed by atoms with Gasteiger partial charge >= 0.3 is 5.97 Å². The summed E-state index contributed by atoms with van der Waals surface area (Å²) in [6.45, 7) is 0.733. The molecule has 104 valence electrons. The molecule has 0 saturated heterocycles. The molecule has 1 heterocycles. The van der Waals surface area contributed by atoms with E-state index in [1.165, 1.54) is 13.3 Å². The van der Waals surface area contributed by atoms with Crippen LogP contribution in [0, 0.1) is 5.92 Å². The first-order valence-electron chi connectivity index (χ1n) is 6.51. The average Bonchev–Trinajstić information content (AvgIpc) is 2.45. The first kappa shape index (κ1) is 13.7. The van der Waals surface area contributed by atoms with Crippen LogP contribution in [0.3, 0.4) is 0 Å². The molecular formula is C13H19N3O3. The minimum absolute atomic E-state index is 0.187. The van der Waals surface area contributed by atoms with E-state index in [4.69, 9.17) is 0 Å². The molecular weight excluding hydrogens is 246 g/mol. The highest BCUT2D eigenvalue weighted by Crippen LogP contribution is 2.24. The third-order valence-corrected chi connectivity index (χ3v) is 3.36. The summed E-state index contributed by atoms with van der Waals surface area (Å²) in [5.41, 5.74) is 0.191. The molecule has 1 aliphatic carbocycles. The Bertz CT molecular complexity index is 439. The lowest BCUT2D eigenvalue weighted by atomic mass is 9.87. The minimum atomic E-state index is -0.496. The highest BCUT2D eigenvalue weighted by atomic mass is 16.5. The van der Waals surface area contributed by atoms with Gasteiger partial charge in [0.25, 0.3) is 0 Å². The number of anilines is 1. The van der Waals surface area contributed by atoms with Gasteiger partial charge in [0, 0.05) is 6.54 Å². The molecule has 2 unspecified atom stereocenters. The fourth-order valence-corrected chi connectivity index (χ4v) is 2.35. The molecule has 0 radical (unpaired) electrons. The van der Waals surface area contributed by atoms with Crippen molar-refractivity contribution in [2.75, 3.05) is 19.0 Å². The van der Waals surface area contributed by atoms with Gasteiger partial charge < -0.3 is 15.2 Å². The molecule has 0 spiro atoms. The van der Waals surface area contributed by atoms with Gasteiger partial charge in [0.1, 0.15) is 5.82 Å². The minimum Gasteiger partial charge on any atom is -0.464 e. The SMILES string of the molecule is COC(=O)c1cncc(NCC2CCCC(O)C2)n1. The molecule has 6 nitrogen and oxygen atoms in total. The van der Waals surface area contributed by atoms with Crippen molar-refractivity contribution in [1.29, 1.82) is 0 Å². The van der Waals surface area contributed by atoms with Crippen molar-refractivity contribution < 1.29 is 14.6 Å². The fraction of sp³-hybridized carbons (Fsp3) is 0.615. The number of aromatic nitrogens is 2. The summed E-state index contributed by atoms with van der Waals surface area (Å²) < 4.78 is 4.60. The third-order valence-electron chi connectivity index (χ3n) is 3.36. The second kappa shape index (κ2) is 6.47. The maximum Gasteiger partial charge on any atom is 0.358 e. The molecule has 1 aromatic rings. The number of methoxy groups -OCH3 is 1. The Hall–Kier alpha value is -1.69. The van der Waals surface area contributed by atoms with Crippen LogP contribution in [0.2, 0.25) is 0 Å². The quantitative estimate of drug-likeness (QED) is 0.796. The van der Waals surface area contributed by atoms with E-state index in [0.717, 1.165) is 32.2 Å². The van der Waals surface area contributed by atoms with E-state index in [-0.39, 0.29) is 11.8 Å². The number of nitrogens with zero attached hydrogens (tertiary/aromatic N) is 2. The Labute approximate surface area is 112 Å². The Morgan fingerprint density at radius 2 is 2.37 bits per heavy atom. The summed E-state index contributed by atoms with van der Waals surface area (Å²) in [6.07, 6.45) is 6.64. The van der Waals surface area contributed by atoms with Gasteiger partial charge in [-0.3, -0.25) is 4.98 Å².